The Kier molecular flexibility index (Phi) is 6.20. The van der Waals surface area contributed by atoms with Crippen LogP contribution in [0.3, 0.4) is 0 Å². The molecule has 8 heteroatoms. The molecule has 0 amide bonds. The Labute approximate surface area is 121 Å². The number of halogens is 3. The van der Waals surface area contributed by atoms with Gasteiger partial charge in [-0.2, -0.15) is 13.2 Å². The molecular weight excluding hydrogens is 307 g/mol. The fraction of sp³-hybridized carbons (Fsp3) is 0.385. The summed E-state index contributed by atoms with van der Waals surface area (Å²) < 4.78 is 61.3. The van der Waals surface area contributed by atoms with E-state index in [-0.39, 0.29) is 11.5 Å². The molecule has 1 aromatic rings. The molecule has 1 aromatic carbocycles. The van der Waals surface area contributed by atoms with Crippen molar-refractivity contribution in [2.45, 2.75) is 23.9 Å². The highest BCUT2D eigenvalue weighted by Gasteiger charge is 2.27. The summed E-state index contributed by atoms with van der Waals surface area (Å²) in [5, 5.41) is 8.56. The van der Waals surface area contributed by atoms with Crippen LogP contribution in [0, 0.1) is 11.8 Å². The van der Waals surface area contributed by atoms with E-state index < -0.39 is 29.2 Å². The Morgan fingerprint density at radius 2 is 1.81 bits per heavy atom. The number of alkyl halides is 3. The second-order valence-corrected chi connectivity index (χ2v) is 5.83. The molecule has 0 unspecified atom stereocenters. The number of hydrogen-bond acceptors (Lipinski definition) is 3. The summed E-state index contributed by atoms with van der Waals surface area (Å²) in [4.78, 5) is -0.127. The van der Waals surface area contributed by atoms with Crippen LogP contribution in [0.15, 0.2) is 29.2 Å². The molecule has 0 atom stereocenters. The van der Waals surface area contributed by atoms with Crippen LogP contribution in [0.2, 0.25) is 0 Å². The summed E-state index contributed by atoms with van der Waals surface area (Å²) in [6.07, 6.45) is -5.33. The fourth-order valence-electron chi connectivity index (χ4n) is 1.35. The van der Waals surface area contributed by atoms with Gasteiger partial charge < -0.3 is 5.11 Å². The SMILES string of the molecule is O=S(=O)(NCCC(F)(F)F)c1ccc(C#CCCO)cc1. The highest BCUT2D eigenvalue weighted by molar-refractivity contribution is 7.89. The van der Waals surface area contributed by atoms with Gasteiger partial charge in [0.25, 0.3) is 0 Å². The molecule has 0 aliphatic heterocycles. The highest BCUT2D eigenvalue weighted by atomic mass is 32.2. The predicted molar refractivity (Wildman–Crippen MR) is 70.9 cm³/mol. The van der Waals surface area contributed by atoms with Gasteiger partial charge in [-0.05, 0) is 24.3 Å². The number of aliphatic hydroxyl groups is 1. The molecular formula is C13H14F3NO3S. The monoisotopic (exact) mass is 321 g/mol. The van der Waals surface area contributed by atoms with E-state index in [0.717, 1.165) is 0 Å². The first-order valence-electron chi connectivity index (χ1n) is 6.01. The minimum absolute atomic E-state index is 0.0669. The molecule has 0 spiro atoms. The number of benzene rings is 1. The van der Waals surface area contributed by atoms with Crippen molar-refractivity contribution in [2.75, 3.05) is 13.2 Å². The van der Waals surface area contributed by atoms with Crippen LogP contribution in [0.5, 0.6) is 0 Å². The van der Waals surface area contributed by atoms with Crippen molar-refractivity contribution in [1.29, 1.82) is 0 Å². The van der Waals surface area contributed by atoms with Crippen LogP contribution in [-0.2, 0) is 10.0 Å². The number of hydrogen-bond donors (Lipinski definition) is 2. The third kappa shape index (κ3) is 6.62. The van der Waals surface area contributed by atoms with Crippen LogP contribution in [0.4, 0.5) is 13.2 Å². The Balaban J connectivity index is 2.70. The average Bonchev–Trinajstić information content (AvgIpc) is 2.38. The fourth-order valence-corrected chi connectivity index (χ4v) is 2.38. The Morgan fingerprint density at radius 3 is 2.33 bits per heavy atom. The standard InChI is InChI=1S/C13H14F3NO3S/c14-13(15,16)8-9-17-21(19,20)12-6-4-11(5-7-12)3-1-2-10-18/h4-7,17-18H,2,8-10H2. The Bertz CT molecular complexity index is 613. The number of sulfonamides is 1. The molecule has 0 radical (unpaired) electrons. The number of aliphatic hydroxyl groups excluding tert-OH is 1. The molecule has 4 nitrogen and oxygen atoms in total. The van der Waals surface area contributed by atoms with Crippen LogP contribution in [0.25, 0.3) is 0 Å². The molecule has 0 aliphatic rings. The number of nitrogens with one attached hydrogen (secondary N) is 1. The second kappa shape index (κ2) is 7.45. The lowest BCUT2D eigenvalue weighted by molar-refractivity contribution is -0.132. The van der Waals surface area contributed by atoms with E-state index in [1.165, 1.54) is 24.3 Å². The van der Waals surface area contributed by atoms with E-state index in [2.05, 4.69) is 11.8 Å². The zero-order valence-electron chi connectivity index (χ0n) is 10.9. The molecule has 0 aromatic heterocycles. The van der Waals surface area contributed by atoms with Gasteiger partial charge >= 0.3 is 6.18 Å². The van der Waals surface area contributed by atoms with Crippen molar-refractivity contribution in [2.24, 2.45) is 0 Å². The molecule has 0 saturated carbocycles. The first-order chi connectivity index (χ1) is 9.74. The van der Waals surface area contributed by atoms with Crippen molar-refractivity contribution in [3.63, 3.8) is 0 Å². The zero-order valence-corrected chi connectivity index (χ0v) is 11.8. The van der Waals surface area contributed by atoms with Gasteiger partial charge in [0, 0.05) is 18.5 Å². The first-order valence-corrected chi connectivity index (χ1v) is 7.49. The molecule has 0 heterocycles. The minimum atomic E-state index is -4.41. The van der Waals surface area contributed by atoms with Gasteiger partial charge in [0.05, 0.1) is 17.9 Å². The maximum atomic E-state index is 12.0. The van der Waals surface area contributed by atoms with Crippen LogP contribution < -0.4 is 4.72 Å². The van der Waals surface area contributed by atoms with Gasteiger partial charge in [-0.25, -0.2) is 13.1 Å². The van der Waals surface area contributed by atoms with E-state index in [0.29, 0.717) is 12.0 Å². The van der Waals surface area contributed by atoms with Crippen molar-refractivity contribution in [3.05, 3.63) is 29.8 Å². The molecule has 1 rings (SSSR count). The van der Waals surface area contributed by atoms with Crippen LogP contribution in [-0.4, -0.2) is 32.9 Å². The van der Waals surface area contributed by atoms with Gasteiger partial charge in [0.2, 0.25) is 10.0 Å². The van der Waals surface area contributed by atoms with Gasteiger partial charge in [-0.15, -0.1) is 0 Å². The van der Waals surface area contributed by atoms with Crippen LogP contribution in [0.1, 0.15) is 18.4 Å². The molecule has 2 N–H and O–H groups in total. The van der Waals surface area contributed by atoms with E-state index in [9.17, 15) is 21.6 Å². The maximum absolute atomic E-state index is 12.0. The summed E-state index contributed by atoms with van der Waals surface area (Å²) in [5.74, 6) is 5.38. The molecule has 0 bridgehead atoms. The molecule has 21 heavy (non-hydrogen) atoms. The molecule has 0 saturated heterocycles. The lowest BCUT2D eigenvalue weighted by atomic mass is 10.2. The summed E-state index contributed by atoms with van der Waals surface area (Å²) in [6, 6.07) is 5.42. The summed E-state index contributed by atoms with van der Waals surface area (Å²) in [7, 11) is -3.96. The lowest BCUT2D eigenvalue weighted by Gasteiger charge is -2.08. The lowest BCUT2D eigenvalue weighted by Crippen LogP contribution is -2.28. The van der Waals surface area contributed by atoms with Crippen molar-refractivity contribution < 1.29 is 26.7 Å². The maximum Gasteiger partial charge on any atom is 0.390 e. The Hall–Kier alpha value is -1.56. The van der Waals surface area contributed by atoms with E-state index >= 15 is 0 Å². The third-order valence-corrected chi connectivity index (χ3v) is 3.81. The van der Waals surface area contributed by atoms with E-state index in [1.807, 2.05) is 4.72 Å². The van der Waals surface area contributed by atoms with E-state index in [1.54, 1.807) is 0 Å². The third-order valence-electron chi connectivity index (χ3n) is 2.33. The van der Waals surface area contributed by atoms with E-state index in [4.69, 9.17) is 5.11 Å². The van der Waals surface area contributed by atoms with Gasteiger partial charge in [0.1, 0.15) is 0 Å². The minimum Gasteiger partial charge on any atom is -0.395 e. The zero-order chi connectivity index (χ0) is 15.9. The van der Waals surface area contributed by atoms with Gasteiger partial charge in [-0.3, -0.25) is 0 Å². The number of rotatable bonds is 5. The second-order valence-electron chi connectivity index (χ2n) is 4.06. The molecule has 0 aliphatic carbocycles. The predicted octanol–water partition coefficient (Wildman–Crippen LogP) is 1.65. The Morgan fingerprint density at radius 1 is 1.19 bits per heavy atom. The van der Waals surface area contributed by atoms with Crippen molar-refractivity contribution >= 4 is 10.0 Å². The summed E-state index contributed by atoms with van der Waals surface area (Å²) in [6.45, 7) is -0.771. The topological polar surface area (TPSA) is 66.4 Å². The van der Waals surface area contributed by atoms with Crippen molar-refractivity contribution in [1.82, 2.24) is 4.72 Å². The molecule has 116 valence electrons. The van der Waals surface area contributed by atoms with Gasteiger partial charge in [0.15, 0.2) is 0 Å². The highest BCUT2D eigenvalue weighted by Crippen LogP contribution is 2.19. The quantitative estimate of drug-likeness (QED) is 0.811. The largest absolute Gasteiger partial charge is 0.395 e. The van der Waals surface area contributed by atoms with Crippen LogP contribution >= 0.6 is 0 Å². The first kappa shape index (κ1) is 17.5. The summed E-state index contributed by atoms with van der Waals surface area (Å²) in [5.41, 5.74) is 0.553. The van der Waals surface area contributed by atoms with Crippen molar-refractivity contribution in [3.8, 4) is 11.8 Å². The van der Waals surface area contributed by atoms with Gasteiger partial charge in [-0.1, -0.05) is 11.8 Å². The average molecular weight is 321 g/mol. The molecule has 0 fully saturated rings. The smallest absolute Gasteiger partial charge is 0.390 e. The summed E-state index contributed by atoms with van der Waals surface area (Å²) >= 11 is 0. The normalized spacial score (nSPS) is 11.8.